The fourth-order valence-corrected chi connectivity index (χ4v) is 5.12. The molecule has 1 N–H and O–H groups in total. The average molecular weight is 624 g/mol. The topological polar surface area (TPSA) is 87.5 Å². The van der Waals surface area contributed by atoms with Gasteiger partial charge in [0.1, 0.15) is 25.0 Å². The fraction of sp³-hybridized carbons (Fsp3) is 0.316. The van der Waals surface area contributed by atoms with E-state index >= 15 is 0 Å². The molecule has 46 heavy (non-hydrogen) atoms. The van der Waals surface area contributed by atoms with Gasteiger partial charge in [-0.3, -0.25) is 4.79 Å². The van der Waals surface area contributed by atoms with Crippen LogP contribution < -0.4 is 10.2 Å². The molecule has 0 bridgehead atoms. The Labute approximate surface area is 275 Å². The number of benzene rings is 3. The highest BCUT2D eigenvalue weighted by Crippen LogP contribution is 2.27. The van der Waals surface area contributed by atoms with E-state index in [4.69, 9.17) is 9.59 Å². The molecule has 3 aromatic carbocycles. The second-order valence-electron chi connectivity index (χ2n) is 10.0. The van der Waals surface area contributed by atoms with Gasteiger partial charge in [0, 0.05) is 37.9 Å². The van der Waals surface area contributed by atoms with Gasteiger partial charge in [0.2, 0.25) is 0 Å². The zero-order valence-electron chi connectivity index (χ0n) is 27.6. The van der Waals surface area contributed by atoms with Crippen LogP contribution in [0.15, 0.2) is 97.2 Å². The van der Waals surface area contributed by atoms with Crippen LogP contribution in [0.5, 0.6) is 0 Å². The monoisotopic (exact) mass is 623 g/mol. The van der Waals surface area contributed by atoms with Crippen LogP contribution in [-0.4, -0.2) is 66.4 Å². The van der Waals surface area contributed by atoms with Crippen molar-refractivity contribution in [2.45, 2.75) is 52.5 Å². The van der Waals surface area contributed by atoms with Crippen molar-refractivity contribution in [2.75, 3.05) is 36.4 Å². The van der Waals surface area contributed by atoms with Gasteiger partial charge >= 0.3 is 0 Å². The molecule has 0 atom stereocenters. The number of amides is 1. The molecule has 1 amide bonds. The number of piperidine rings is 1. The first-order chi connectivity index (χ1) is 22.7. The molecule has 0 unspecified atom stereocenters. The number of aryl methyl sites for hydroxylation is 1. The summed E-state index contributed by atoms with van der Waals surface area (Å²) in [6, 6.07) is 31.1. The summed E-state index contributed by atoms with van der Waals surface area (Å²) in [5, 5.41) is 8.32. The zero-order chi connectivity index (χ0) is 34.2. The summed E-state index contributed by atoms with van der Waals surface area (Å²) in [6.45, 7) is 13.8. The molecule has 2 fully saturated rings. The van der Waals surface area contributed by atoms with Crippen molar-refractivity contribution in [3.05, 3.63) is 108 Å². The Kier molecular flexibility index (Phi) is 19.6. The number of nitrogens with zero attached hydrogens (tertiary/aromatic N) is 4. The van der Waals surface area contributed by atoms with Gasteiger partial charge in [-0.25, -0.2) is 4.68 Å². The lowest BCUT2D eigenvalue weighted by atomic mass is 10.0. The van der Waals surface area contributed by atoms with Crippen LogP contribution in [0.25, 0.3) is 5.69 Å². The Morgan fingerprint density at radius 3 is 1.72 bits per heavy atom. The molecule has 4 aromatic rings. The molecule has 244 valence electrons. The highest BCUT2D eigenvalue weighted by atomic mass is 16.2. The van der Waals surface area contributed by atoms with Crippen LogP contribution in [0.4, 0.5) is 11.5 Å². The third kappa shape index (κ3) is 11.7. The molecule has 8 nitrogen and oxygen atoms in total. The van der Waals surface area contributed by atoms with Gasteiger partial charge in [0.25, 0.3) is 5.91 Å². The molecule has 6 rings (SSSR count). The van der Waals surface area contributed by atoms with Gasteiger partial charge in [-0.2, -0.15) is 5.10 Å². The molecule has 2 saturated heterocycles. The van der Waals surface area contributed by atoms with Crippen LogP contribution in [-0.2, 0) is 9.59 Å². The van der Waals surface area contributed by atoms with Crippen molar-refractivity contribution >= 4 is 31.0 Å². The van der Waals surface area contributed by atoms with Crippen LogP contribution in [0, 0.1) is 19.8 Å². The minimum Gasteiger partial charge on any atom is -0.371 e. The maximum Gasteiger partial charge on any atom is 0.259 e. The molecule has 0 saturated carbocycles. The summed E-state index contributed by atoms with van der Waals surface area (Å²) in [6.07, 6.45) is 13.9. The number of rotatable bonds is 5. The van der Waals surface area contributed by atoms with Crippen LogP contribution >= 0.6 is 0 Å². The standard InChI is InChI=1S/C26H31N5O.C6H6.C2H6.C2H2.2CH2O/c1-20-9-11-22(12-10-20)29-17-13-21(14-18-29)28-25-24(26(32)30-15-5-6-16-30)19-27-31(25)23-7-3-2-4-8-23;1-2-4-6-5-3-1;4*1-2/h2-4,7-12,19,21,28H,5-6,13-18H2,1H3;1-6H;1-2H3;1-2H;2*1H2. The SMILES string of the molecule is C#C.C=O.C=O.CC.Cc1ccc(N2CCC(Nc3c(C(=O)N4CCCC4)cnn3-c3ccccc3)CC2)cc1.c1ccccc1. The van der Waals surface area contributed by atoms with Gasteiger partial charge in [0.05, 0.1) is 11.9 Å². The van der Waals surface area contributed by atoms with Gasteiger partial charge in [-0.05, 0) is 56.9 Å². The quantitative estimate of drug-likeness (QED) is 0.239. The van der Waals surface area contributed by atoms with Crippen molar-refractivity contribution in [1.82, 2.24) is 14.7 Å². The van der Waals surface area contributed by atoms with Crippen LogP contribution in [0.3, 0.4) is 0 Å². The number of carbonyl (C=O) groups is 3. The number of terminal acetylenes is 1. The summed E-state index contributed by atoms with van der Waals surface area (Å²) in [5.74, 6) is 0.908. The molecule has 0 radical (unpaired) electrons. The van der Waals surface area contributed by atoms with Gasteiger partial charge in [-0.1, -0.05) is 86.1 Å². The van der Waals surface area contributed by atoms with Crippen molar-refractivity contribution in [2.24, 2.45) is 0 Å². The van der Waals surface area contributed by atoms with E-state index in [1.807, 2.05) is 104 Å². The third-order valence-electron chi connectivity index (χ3n) is 7.30. The van der Waals surface area contributed by atoms with Crippen LogP contribution in [0.2, 0.25) is 0 Å². The highest BCUT2D eigenvalue weighted by molar-refractivity contribution is 5.99. The van der Waals surface area contributed by atoms with E-state index in [-0.39, 0.29) is 5.91 Å². The van der Waals surface area contributed by atoms with E-state index in [0.29, 0.717) is 11.6 Å². The van der Waals surface area contributed by atoms with Crippen molar-refractivity contribution < 1.29 is 14.4 Å². The summed E-state index contributed by atoms with van der Waals surface area (Å²) < 4.78 is 1.88. The molecule has 1 aromatic heterocycles. The smallest absolute Gasteiger partial charge is 0.259 e. The number of aromatic nitrogens is 2. The maximum absolute atomic E-state index is 13.2. The lowest BCUT2D eigenvalue weighted by molar-refractivity contribution is -0.0987. The summed E-state index contributed by atoms with van der Waals surface area (Å²) in [5.41, 5.74) is 4.22. The number of hydrogen-bond acceptors (Lipinski definition) is 6. The molecule has 3 heterocycles. The van der Waals surface area contributed by atoms with Gasteiger partial charge in [0.15, 0.2) is 0 Å². The van der Waals surface area contributed by atoms with Gasteiger partial charge < -0.3 is 24.7 Å². The Morgan fingerprint density at radius 2 is 1.22 bits per heavy atom. The molecule has 0 spiro atoms. The van der Waals surface area contributed by atoms with E-state index < -0.39 is 0 Å². The predicted octanol–water partition coefficient (Wildman–Crippen LogP) is 7.09. The molecule has 2 aliphatic rings. The normalized spacial score (nSPS) is 13.2. The number of nitrogens with one attached hydrogen (secondary N) is 1. The fourth-order valence-electron chi connectivity index (χ4n) is 5.12. The zero-order valence-corrected chi connectivity index (χ0v) is 27.6. The first-order valence-corrected chi connectivity index (χ1v) is 15.6. The number of carbonyl (C=O) groups excluding carboxylic acids is 3. The van der Waals surface area contributed by atoms with Gasteiger partial charge in [-0.15, -0.1) is 12.8 Å². The van der Waals surface area contributed by atoms with E-state index in [0.717, 1.165) is 63.4 Å². The van der Waals surface area contributed by atoms with E-state index in [1.54, 1.807) is 6.20 Å². The predicted molar refractivity (Wildman–Crippen MR) is 191 cm³/mol. The molecule has 8 heteroatoms. The van der Waals surface area contributed by atoms with Crippen molar-refractivity contribution in [3.8, 4) is 18.5 Å². The number of para-hydroxylation sites is 1. The molecular weight excluding hydrogens is 574 g/mol. The third-order valence-corrected chi connectivity index (χ3v) is 7.30. The molecular formula is C38H49N5O3. The molecule has 0 aliphatic carbocycles. The van der Waals surface area contributed by atoms with E-state index in [2.05, 4.69) is 59.4 Å². The Balaban J connectivity index is 0.000000647. The second-order valence-corrected chi connectivity index (χ2v) is 10.0. The van der Waals surface area contributed by atoms with E-state index in [9.17, 15) is 4.79 Å². The second kappa shape index (κ2) is 23.3. The minimum atomic E-state index is 0.0873. The Bertz CT molecular complexity index is 1330. The summed E-state index contributed by atoms with van der Waals surface area (Å²) in [7, 11) is 0. The van der Waals surface area contributed by atoms with Crippen LogP contribution in [0.1, 0.15) is 55.5 Å². The van der Waals surface area contributed by atoms with E-state index in [1.165, 1.54) is 11.3 Å². The first-order valence-electron chi connectivity index (χ1n) is 15.6. The van der Waals surface area contributed by atoms with Crippen molar-refractivity contribution in [1.29, 1.82) is 0 Å². The Hall–Kier alpha value is -5.16. The lowest BCUT2D eigenvalue weighted by Gasteiger charge is -2.34. The number of likely N-dealkylation sites (tertiary alicyclic amines) is 1. The molecule has 2 aliphatic heterocycles. The summed E-state index contributed by atoms with van der Waals surface area (Å²) in [4.78, 5) is 33.6. The summed E-state index contributed by atoms with van der Waals surface area (Å²) >= 11 is 0. The number of hydrogen-bond donors (Lipinski definition) is 1. The lowest BCUT2D eigenvalue weighted by Crippen LogP contribution is -2.40. The van der Waals surface area contributed by atoms with Crippen molar-refractivity contribution in [3.63, 3.8) is 0 Å². The maximum atomic E-state index is 13.2. The average Bonchev–Trinajstić information content (AvgIpc) is 3.85. The minimum absolute atomic E-state index is 0.0873. The first kappa shape index (κ1) is 38.9. The number of anilines is 2. The Morgan fingerprint density at radius 1 is 0.739 bits per heavy atom. The largest absolute Gasteiger partial charge is 0.371 e. The highest BCUT2D eigenvalue weighted by Gasteiger charge is 2.28.